The first-order valence-corrected chi connectivity index (χ1v) is 12.8. The number of fused-ring (bicyclic) bond motifs is 1. The average molecular weight is 585 g/mol. The highest BCUT2D eigenvalue weighted by Gasteiger charge is 2.32. The van der Waals surface area contributed by atoms with Gasteiger partial charge < -0.3 is 20.1 Å². The van der Waals surface area contributed by atoms with E-state index in [1.165, 1.54) is 36.5 Å². The fourth-order valence-corrected chi connectivity index (χ4v) is 4.87. The van der Waals surface area contributed by atoms with E-state index in [4.69, 9.17) is 15.2 Å². The summed E-state index contributed by atoms with van der Waals surface area (Å²) < 4.78 is 68.1. The zero-order valence-electron chi connectivity index (χ0n) is 22.4. The average Bonchev–Trinajstić information content (AvgIpc) is 3.36. The Morgan fingerprint density at radius 1 is 1.10 bits per heavy atom. The largest absolute Gasteiger partial charge is 0.465 e. The molecule has 0 radical (unpaired) electrons. The summed E-state index contributed by atoms with van der Waals surface area (Å²) in [4.78, 5) is 35.0. The Kier molecular flexibility index (Phi) is 7.79. The van der Waals surface area contributed by atoms with Crippen molar-refractivity contribution in [3.63, 3.8) is 0 Å². The van der Waals surface area contributed by atoms with Gasteiger partial charge in [0.15, 0.2) is 17.2 Å². The van der Waals surface area contributed by atoms with Gasteiger partial charge in [0.1, 0.15) is 40.8 Å². The first-order chi connectivity index (χ1) is 20.1. The minimum atomic E-state index is -1.45. The highest BCUT2D eigenvalue weighted by molar-refractivity contribution is 6.16. The summed E-state index contributed by atoms with van der Waals surface area (Å²) in [6.07, 6.45) is 3.81. The Labute approximate surface area is 236 Å². The van der Waals surface area contributed by atoms with E-state index in [9.17, 15) is 22.8 Å². The number of benzene rings is 2. The van der Waals surface area contributed by atoms with Crippen molar-refractivity contribution >= 4 is 28.7 Å². The zero-order valence-corrected chi connectivity index (χ0v) is 22.4. The Morgan fingerprint density at radius 2 is 1.88 bits per heavy atom. The SMILES string of the molecule is CC=C(C(=O)OC)C(=O)N1CCCC(n2nc(-c3ccc(Oc4cc(F)cc(F)c4F)cc3F)c3c(N)ncnc32)C1. The van der Waals surface area contributed by atoms with Crippen molar-refractivity contribution in [2.75, 3.05) is 25.9 Å². The molecule has 42 heavy (non-hydrogen) atoms. The van der Waals surface area contributed by atoms with Gasteiger partial charge in [-0.2, -0.15) is 9.49 Å². The van der Waals surface area contributed by atoms with E-state index in [-0.39, 0.29) is 40.3 Å². The van der Waals surface area contributed by atoms with Gasteiger partial charge in [-0.3, -0.25) is 4.79 Å². The first kappa shape index (κ1) is 28.5. The Bertz CT molecular complexity index is 1740. The minimum Gasteiger partial charge on any atom is -0.465 e. The second kappa shape index (κ2) is 11.5. The molecule has 1 aliphatic rings. The van der Waals surface area contributed by atoms with E-state index >= 15 is 4.39 Å². The molecular formula is C28H24F4N6O4. The Morgan fingerprint density at radius 3 is 2.60 bits per heavy atom. The zero-order chi connectivity index (χ0) is 30.1. The van der Waals surface area contributed by atoms with E-state index in [2.05, 4.69) is 15.1 Å². The molecule has 14 heteroatoms. The molecule has 1 aliphatic heterocycles. The monoisotopic (exact) mass is 584 g/mol. The molecule has 0 saturated carbocycles. The molecule has 2 aromatic heterocycles. The van der Waals surface area contributed by atoms with Crippen LogP contribution in [0.5, 0.6) is 11.5 Å². The third-order valence-corrected chi connectivity index (χ3v) is 6.86. The van der Waals surface area contributed by atoms with Crippen LogP contribution in [0, 0.1) is 23.3 Å². The van der Waals surface area contributed by atoms with Crippen LogP contribution in [0.25, 0.3) is 22.3 Å². The topological polar surface area (TPSA) is 125 Å². The number of nitrogen functional groups attached to an aromatic ring is 1. The van der Waals surface area contributed by atoms with Crippen LogP contribution in [-0.2, 0) is 14.3 Å². The van der Waals surface area contributed by atoms with Crippen LogP contribution < -0.4 is 10.5 Å². The molecule has 4 aromatic rings. The number of allylic oxidation sites excluding steroid dienone is 1. The maximum Gasteiger partial charge on any atom is 0.343 e. The van der Waals surface area contributed by atoms with Gasteiger partial charge in [0, 0.05) is 36.9 Å². The summed E-state index contributed by atoms with van der Waals surface area (Å²) in [6.45, 7) is 2.15. The number of nitrogens with two attached hydrogens (primary N) is 1. The van der Waals surface area contributed by atoms with Gasteiger partial charge in [-0.1, -0.05) is 6.08 Å². The number of hydrogen-bond donors (Lipinski definition) is 1. The molecule has 3 heterocycles. The number of anilines is 1. The minimum absolute atomic E-state index is 0.0240. The van der Waals surface area contributed by atoms with Crippen molar-refractivity contribution in [1.82, 2.24) is 24.6 Å². The van der Waals surface area contributed by atoms with E-state index in [1.807, 2.05) is 0 Å². The number of carbonyl (C=O) groups is 2. The number of methoxy groups -OCH3 is 1. The van der Waals surface area contributed by atoms with Crippen molar-refractivity contribution in [1.29, 1.82) is 0 Å². The van der Waals surface area contributed by atoms with Crippen LogP contribution in [0.4, 0.5) is 23.4 Å². The van der Waals surface area contributed by atoms with Gasteiger partial charge in [-0.15, -0.1) is 0 Å². The summed E-state index contributed by atoms with van der Waals surface area (Å²) in [5, 5.41) is 4.88. The number of esters is 1. The summed E-state index contributed by atoms with van der Waals surface area (Å²) >= 11 is 0. The predicted molar refractivity (Wildman–Crippen MR) is 142 cm³/mol. The molecule has 10 nitrogen and oxygen atoms in total. The van der Waals surface area contributed by atoms with Crippen molar-refractivity contribution in [2.24, 2.45) is 0 Å². The molecule has 1 saturated heterocycles. The molecule has 0 aliphatic carbocycles. The maximum absolute atomic E-state index is 15.5. The normalized spacial score (nSPS) is 15.6. The number of amides is 1. The third kappa shape index (κ3) is 5.22. The molecule has 0 bridgehead atoms. The fraction of sp³-hybridized carbons (Fsp3) is 0.250. The number of carbonyl (C=O) groups excluding carboxylic acids is 2. The van der Waals surface area contributed by atoms with E-state index < -0.39 is 46.9 Å². The van der Waals surface area contributed by atoms with Crippen LogP contribution in [0.3, 0.4) is 0 Å². The smallest absolute Gasteiger partial charge is 0.343 e. The van der Waals surface area contributed by atoms with Gasteiger partial charge in [-0.05, 0) is 31.9 Å². The molecule has 1 unspecified atom stereocenters. The summed E-state index contributed by atoms with van der Waals surface area (Å²) in [5.41, 5.74) is 6.44. The Balaban J connectivity index is 1.50. The number of halogens is 4. The second-order valence-corrected chi connectivity index (χ2v) is 9.44. The molecule has 1 fully saturated rings. The van der Waals surface area contributed by atoms with Gasteiger partial charge in [0.25, 0.3) is 5.91 Å². The summed E-state index contributed by atoms with van der Waals surface area (Å²) in [7, 11) is 1.19. The number of likely N-dealkylation sites (tertiary alicyclic amines) is 1. The van der Waals surface area contributed by atoms with E-state index in [0.717, 1.165) is 6.07 Å². The van der Waals surface area contributed by atoms with Crippen LogP contribution in [-0.4, -0.2) is 56.7 Å². The molecule has 218 valence electrons. The van der Waals surface area contributed by atoms with Crippen molar-refractivity contribution in [2.45, 2.75) is 25.8 Å². The molecule has 5 rings (SSSR count). The lowest BCUT2D eigenvalue weighted by Crippen LogP contribution is -2.42. The summed E-state index contributed by atoms with van der Waals surface area (Å²) in [5.74, 6) is -6.98. The van der Waals surface area contributed by atoms with Crippen LogP contribution in [0.1, 0.15) is 25.8 Å². The van der Waals surface area contributed by atoms with Gasteiger partial charge in [0.2, 0.25) is 5.82 Å². The molecule has 2 N–H and O–H groups in total. The van der Waals surface area contributed by atoms with Crippen molar-refractivity contribution < 1.29 is 36.6 Å². The van der Waals surface area contributed by atoms with E-state index in [1.54, 1.807) is 11.6 Å². The number of piperidine rings is 1. The fourth-order valence-electron chi connectivity index (χ4n) is 4.87. The highest BCUT2D eigenvalue weighted by atomic mass is 19.2. The number of aromatic nitrogens is 4. The quantitative estimate of drug-likeness (QED) is 0.0863. The van der Waals surface area contributed by atoms with Crippen LogP contribution >= 0.6 is 0 Å². The number of ether oxygens (including phenoxy) is 2. The van der Waals surface area contributed by atoms with Crippen molar-refractivity contribution in [3.05, 3.63) is 71.6 Å². The Hall–Kier alpha value is -5.01. The number of nitrogens with zero attached hydrogens (tertiary/aromatic N) is 5. The molecule has 2 aromatic carbocycles. The number of rotatable bonds is 6. The molecular weight excluding hydrogens is 560 g/mol. The lowest BCUT2D eigenvalue weighted by Gasteiger charge is -2.33. The van der Waals surface area contributed by atoms with E-state index in [0.29, 0.717) is 37.2 Å². The van der Waals surface area contributed by atoms with Gasteiger partial charge >= 0.3 is 5.97 Å². The molecule has 1 amide bonds. The predicted octanol–water partition coefficient (Wildman–Crippen LogP) is 4.71. The number of hydrogen-bond acceptors (Lipinski definition) is 8. The molecule has 1 atom stereocenters. The van der Waals surface area contributed by atoms with Gasteiger partial charge in [0.05, 0.1) is 18.5 Å². The van der Waals surface area contributed by atoms with Crippen LogP contribution in [0.2, 0.25) is 0 Å². The highest BCUT2D eigenvalue weighted by Crippen LogP contribution is 2.37. The third-order valence-electron chi connectivity index (χ3n) is 6.86. The molecule has 0 spiro atoms. The standard InChI is InChI=1S/C28H24F4N6O4/c1-3-17(28(40)41-2)27(39)37-8-4-5-15(12-37)38-26-22(25(33)34-13-35-26)24(36-38)18-7-6-16(11-19(18)30)42-21-10-14(29)9-20(31)23(21)32/h3,6-7,9-11,13,15H,4-5,8,12H2,1-2H3,(H2,33,34,35). The maximum atomic E-state index is 15.5. The second-order valence-electron chi connectivity index (χ2n) is 9.44. The lowest BCUT2D eigenvalue weighted by molar-refractivity contribution is -0.140. The summed E-state index contributed by atoms with van der Waals surface area (Å²) in [6, 6.07) is 4.08. The van der Waals surface area contributed by atoms with Crippen molar-refractivity contribution in [3.8, 4) is 22.8 Å². The van der Waals surface area contributed by atoms with Gasteiger partial charge in [-0.25, -0.2) is 32.6 Å². The van der Waals surface area contributed by atoms with Crippen LogP contribution in [0.15, 0.2) is 48.3 Å². The first-order valence-electron chi connectivity index (χ1n) is 12.8. The lowest BCUT2D eigenvalue weighted by atomic mass is 10.0.